The van der Waals surface area contributed by atoms with E-state index >= 15 is 0 Å². The molecule has 36 heavy (non-hydrogen) atoms. The molecular formula is C26H33N3O6S. The molecule has 2 aromatic rings. The van der Waals surface area contributed by atoms with E-state index in [9.17, 15) is 13.2 Å². The number of nitrogens with one attached hydrogen (secondary N) is 1. The number of ether oxygens (including phenoxy) is 3. The second-order valence-electron chi connectivity index (χ2n) is 9.87. The Morgan fingerprint density at radius 1 is 1.00 bits per heavy atom. The largest absolute Gasteiger partial charge is 0.486 e. The molecule has 3 aliphatic rings. The highest BCUT2D eigenvalue weighted by Gasteiger charge is 2.39. The molecule has 4 atom stereocenters. The van der Waals surface area contributed by atoms with Crippen molar-refractivity contribution in [1.82, 2.24) is 9.21 Å². The average Bonchev–Trinajstić information content (AvgIpc) is 3.41. The van der Waals surface area contributed by atoms with Gasteiger partial charge in [-0.25, -0.2) is 0 Å². The summed E-state index contributed by atoms with van der Waals surface area (Å²) in [5.74, 6) is 0.454. The third kappa shape index (κ3) is 5.22. The predicted molar refractivity (Wildman–Crippen MR) is 135 cm³/mol. The van der Waals surface area contributed by atoms with Crippen molar-refractivity contribution in [2.75, 3.05) is 38.0 Å². The summed E-state index contributed by atoms with van der Waals surface area (Å²) in [6.07, 6.45) is 1.04. The van der Waals surface area contributed by atoms with Gasteiger partial charge in [0, 0.05) is 31.8 Å². The lowest BCUT2D eigenvalue weighted by molar-refractivity contribution is -0.0112. The van der Waals surface area contributed by atoms with Gasteiger partial charge in [-0.3, -0.25) is 9.52 Å². The van der Waals surface area contributed by atoms with E-state index < -0.39 is 10.2 Å². The molecule has 2 bridgehead atoms. The summed E-state index contributed by atoms with van der Waals surface area (Å²) in [6.45, 7) is 5.41. The maximum absolute atomic E-state index is 13.2. The molecule has 9 nitrogen and oxygen atoms in total. The van der Waals surface area contributed by atoms with E-state index in [1.807, 2.05) is 32.0 Å². The van der Waals surface area contributed by atoms with E-state index in [0.717, 1.165) is 24.0 Å². The third-order valence-corrected chi connectivity index (χ3v) is 8.62. The first-order valence-electron chi connectivity index (χ1n) is 12.3. The van der Waals surface area contributed by atoms with Crippen molar-refractivity contribution >= 4 is 21.8 Å². The summed E-state index contributed by atoms with van der Waals surface area (Å²) in [5.41, 5.74) is 3.06. The van der Waals surface area contributed by atoms with Crippen LogP contribution in [0.25, 0.3) is 0 Å². The number of hydrogen-bond donors (Lipinski definition) is 1. The summed E-state index contributed by atoms with van der Waals surface area (Å²) < 4.78 is 47.7. The summed E-state index contributed by atoms with van der Waals surface area (Å²) in [5, 5.41) is 0. The number of hydrogen-bond acceptors (Lipinski definition) is 6. The number of likely N-dealkylation sites (tertiary alicyclic amines) is 1. The fraction of sp³-hybridized carbons (Fsp3) is 0.500. The first-order chi connectivity index (χ1) is 17.2. The number of rotatable bonds is 7. The summed E-state index contributed by atoms with van der Waals surface area (Å²) in [4.78, 5) is 15.0. The van der Waals surface area contributed by atoms with E-state index in [2.05, 4.69) is 4.72 Å². The van der Waals surface area contributed by atoms with Crippen molar-refractivity contribution < 1.29 is 27.4 Å². The molecule has 0 spiro atoms. The van der Waals surface area contributed by atoms with Crippen LogP contribution in [-0.2, 0) is 19.7 Å². The Morgan fingerprint density at radius 2 is 1.72 bits per heavy atom. The fourth-order valence-corrected chi connectivity index (χ4v) is 6.46. The number of carbonyl (C=O) groups is 1. The minimum atomic E-state index is -3.71. The molecule has 0 aromatic heterocycles. The number of fused-ring (bicyclic) bond motifs is 2. The molecule has 10 heteroatoms. The topological polar surface area (TPSA) is 97.4 Å². The van der Waals surface area contributed by atoms with Crippen molar-refractivity contribution in [1.29, 1.82) is 0 Å². The molecule has 0 saturated carbocycles. The number of carbonyl (C=O) groups excluding carboxylic acids is 1. The van der Waals surface area contributed by atoms with Crippen LogP contribution in [0, 0.1) is 13.8 Å². The van der Waals surface area contributed by atoms with Gasteiger partial charge < -0.3 is 19.1 Å². The van der Waals surface area contributed by atoms with Gasteiger partial charge in [-0.15, -0.1) is 0 Å². The highest BCUT2D eigenvalue weighted by molar-refractivity contribution is 7.90. The van der Waals surface area contributed by atoms with Crippen LogP contribution in [0.1, 0.15) is 34.3 Å². The molecular weight excluding hydrogens is 482 g/mol. The maximum Gasteiger partial charge on any atom is 0.301 e. The molecule has 194 valence electrons. The number of morpholine rings is 1. The van der Waals surface area contributed by atoms with Crippen molar-refractivity contribution in [2.24, 2.45) is 0 Å². The van der Waals surface area contributed by atoms with Gasteiger partial charge in [0.25, 0.3) is 5.91 Å². The normalized spacial score (nSPS) is 26.2. The number of aryl methyl sites for hydroxylation is 2. The van der Waals surface area contributed by atoms with Gasteiger partial charge in [0.15, 0.2) is 0 Å². The van der Waals surface area contributed by atoms with Gasteiger partial charge in [-0.2, -0.15) is 12.7 Å². The Balaban J connectivity index is 1.26. The van der Waals surface area contributed by atoms with E-state index in [-0.39, 0.29) is 30.3 Å². The highest BCUT2D eigenvalue weighted by Crippen LogP contribution is 2.29. The zero-order valence-corrected chi connectivity index (χ0v) is 21.7. The number of anilines is 1. The zero-order valence-electron chi connectivity index (χ0n) is 20.8. The van der Waals surface area contributed by atoms with Crippen molar-refractivity contribution in [2.45, 2.75) is 51.1 Å². The Morgan fingerprint density at radius 3 is 2.44 bits per heavy atom. The molecule has 1 N–H and O–H groups in total. The van der Waals surface area contributed by atoms with Crippen LogP contribution in [0.5, 0.6) is 5.75 Å². The van der Waals surface area contributed by atoms with Crippen LogP contribution in [0.2, 0.25) is 0 Å². The Labute approximate surface area is 212 Å². The van der Waals surface area contributed by atoms with Crippen LogP contribution < -0.4 is 9.46 Å². The van der Waals surface area contributed by atoms with Crippen LogP contribution in [0.4, 0.5) is 5.69 Å². The van der Waals surface area contributed by atoms with Gasteiger partial charge in [0.2, 0.25) is 0 Å². The van der Waals surface area contributed by atoms with Gasteiger partial charge in [0.05, 0.1) is 31.0 Å². The van der Waals surface area contributed by atoms with Crippen LogP contribution >= 0.6 is 0 Å². The zero-order chi connectivity index (χ0) is 25.4. The number of methoxy groups -OCH3 is 1. The van der Waals surface area contributed by atoms with Gasteiger partial charge in [-0.05, 0) is 50.5 Å². The van der Waals surface area contributed by atoms with E-state index in [0.29, 0.717) is 43.2 Å². The van der Waals surface area contributed by atoms with Gasteiger partial charge >= 0.3 is 10.2 Å². The quantitative estimate of drug-likeness (QED) is 0.609. The Hall–Kier alpha value is -2.66. The predicted octanol–water partition coefficient (Wildman–Crippen LogP) is 2.74. The molecule has 0 radical (unpaired) electrons. The molecule has 3 fully saturated rings. The molecule has 3 saturated heterocycles. The standard InChI is InChI=1S/C26H33N3O6S/c1-17-7-8-18(2)23(11-17)26(30)28-15-24(33-3)25(16-28)35-20-6-4-5-19(12-20)27-36(31,32)29-13-21-9-10-22(14-29)34-21/h4-8,11-12,21-22,24-25,27H,9-10,13-16H2,1-3H3/t21-,22-,24?,25?/m1/s1. The molecule has 2 unspecified atom stereocenters. The summed E-state index contributed by atoms with van der Waals surface area (Å²) in [7, 11) is -2.11. The lowest BCUT2D eigenvalue weighted by Gasteiger charge is -2.31. The SMILES string of the molecule is COC1CN(C(=O)c2cc(C)ccc2C)CC1Oc1cccc(NS(=O)(=O)N2C[C@H]3CC[C@H](C2)O3)c1. The molecule has 3 heterocycles. The van der Waals surface area contributed by atoms with E-state index in [1.54, 1.807) is 36.3 Å². The van der Waals surface area contributed by atoms with Gasteiger partial charge in [-0.1, -0.05) is 23.8 Å². The van der Waals surface area contributed by atoms with E-state index in [4.69, 9.17) is 14.2 Å². The van der Waals surface area contributed by atoms with Crippen molar-refractivity contribution in [3.63, 3.8) is 0 Å². The lowest BCUT2D eigenvalue weighted by Crippen LogP contribution is -2.47. The number of amides is 1. The monoisotopic (exact) mass is 515 g/mol. The van der Waals surface area contributed by atoms with Crippen LogP contribution in [0.15, 0.2) is 42.5 Å². The smallest absolute Gasteiger partial charge is 0.301 e. The average molecular weight is 516 g/mol. The van der Waals surface area contributed by atoms with E-state index in [1.165, 1.54) is 4.31 Å². The second-order valence-corrected chi connectivity index (χ2v) is 11.5. The molecule has 3 aliphatic heterocycles. The molecule has 1 amide bonds. The minimum Gasteiger partial charge on any atom is -0.486 e. The maximum atomic E-state index is 13.2. The Kier molecular flexibility index (Phi) is 6.95. The summed E-state index contributed by atoms with van der Waals surface area (Å²) in [6, 6.07) is 12.7. The second kappa shape index (κ2) is 10.0. The molecule has 2 aromatic carbocycles. The number of nitrogens with zero attached hydrogens (tertiary/aromatic N) is 2. The van der Waals surface area contributed by atoms with Gasteiger partial charge in [0.1, 0.15) is 18.0 Å². The minimum absolute atomic E-state index is 0.0300. The van der Waals surface area contributed by atoms with Crippen molar-refractivity contribution in [3.8, 4) is 5.75 Å². The Bertz CT molecular complexity index is 1220. The summed E-state index contributed by atoms with van der Waals surface area (Å²) >= 11 is 0. The first-order valence-corrected chi connectivity index (χ1v) is 13.8. The molecule has 5 rings (SSSR count). The van der Waals surface area contributed by atoms with Crippen LogP contribution in [0.3, 0.4) is 0 Å². The highest BCUT2D eigenvalue weighted by atomic mass is 32.2. The lowest BCUT2D eigenvalue weighted by atomic mass is 10.0. The van der Waals surface area contributed by atoms with Crippen molar-refractivity contribution in [3.05, 3.63) is 59.2 Å². The number of benzene rings is 2. The molecule has 0 aliphatic carbocycles. The fourth-order valence-electron chi connectivity index (χ4n) is 5.18. The van der Waals surface area contributed by atoms with Crippen LogP contribution in [-0.4, -0.2) is 81.2 Å². The first kappa shape index (κ1) is 25.0. The third-order valence-electron chi connectivity index (χ3n) is 7.15.